The van der Waals surface area contributed by atoms with Gasteiger partial charge in [0.05, 0.1) is 17.2 Å². The Morgan fingerprint density at radius 1 is 1.55 bits per heavy atom. The number of nitrogens with zero attached hydrogens (tertiary/aromatic N) is 2. The van der Waals surface area contributed by atoms with Gasteiger partial charge >= 0.3 is 6.03 Å². The number of rotatable bonds is 4. The third-order valence-corrected chi connectivity index (χ3v) is 4.66. The first-order chi connectivity index (χ1) is 9.72. The molecule has 2 fully saturated rings. The Hall–Kier alpha value is -1.14. The molecule has 2 unspecified atom stereocenters. The van der Waals surface area contributed by atoms with Crippen molar-refractivity contribution in [3.63, 3.8) is 0 Å². The van der Waals surface area contributed by atoms with Gasteiger partial charge < -0.3 is 15.0 Å². The van der Waals surface area contributed by atoms with Crippen molar-refractivity contribution >= 4 is 17.4 Å². The van der Waals surface area contributed by atoms with E-state index >= 15 is 0 Å². The maximum absolute atomic E-state index is 12.2. The fourth-order valence-corrected chi connectivity index (χ4v) is 3.27. The summed E-state index contributed by atoms with van der Waals surface area (Å²) in [5, 5.41) is 6.01. The van der Waals surface area contributed by atoms with Gasteiger partial charge in [-0.1, -0.05) is 0 Å². The summed E-state index contributed by atoms with van der Waals surface area (Å²) in [6.07, 6.45) is 5.47. The Morgan fingerprint density at radius 3 is 3.10 bits per heavy atom. The molecule has 2 heterocycles. The largest absolute Gasteiger partial charge is 0.371 e. The van der Waals surface area contributed by atoms with Crippen LogP contribution in [0.2, 0.25) is 0 Å². The lowest BCUT2D eigenvalue weighted by Gasteiger charge is -2.37. The summed E-state index contributed by atoms with van der Waals surface area (Å²) in [5.41, 5.74) is 0. The van der Waals surface area contributed by atoms with E-state index in [4.69, 9.17) is 4.74 Å². The second-order valence-electron chi connectivity index (χ2n) is 5.64. The molecule has 1 saturated heterocycles. The van der Waals surface area contributed by atoms with Crippen LogP contribution in [0, 0.1) is 5.92 Å². The molecule has 0 spiro atoms. The molecule has 1 aromatic rings. The molecule has 2 amide bonds. The third-order valence-electron chi connectivity index (χ3n) is 3.82. The quantitative estimate of drug-likeness (QED) is 0.923. The van der Waals surface area contributed by atoms with E-state index in [9.17, 15) is 4.79 Å². The number of morpholine rings is 1. The highest BCUT2D eigenvalue weighted by molar-refractivity contribution is 7.09. The fourth-order valence-electron chi connectivity index (χ4n) is 2.65. The number of hydrogen-bond acceptors (Lipinski definition) is 4. The minimum atomic E-state index is 0.0300. The minimum absolute atomic E-state index is 0.0300. The first kappa shape index (κ1) is 13.8. The topological polar surface area (TPSA) is 54.5 Å². The molecule has 0 radical (unpaired) electrons. The van der Waals surface area contributed by atoms with E-state index in [0.29, 0.717) is 19.0 Å². The second-order valence-corrected chi connectivity index (χ2v) is 6.61. The summed E-state index contributed by atoms with van der Waals surface area (Å²) >= 11 is 1.63. The predicted octanol–water partition coefficient (Wildman–Crippen LogP) is 1.89. The maximum Gasteiger partial charge on any atom is 0.317 e. The Balaban J connectivity index is 1.45. The number of amides is 2. The third kappa shape index (κ3) is 3.49. The molecule has 110 valence electrons. The number of aromatic nitrogens is 1. The first-order valence-electron chi connectivity index (χ1n) is 7.29. The van der Waals surface area contributed by atoms with Gasteiger partial charge in [0, 0.05) is 37.6 Å². The van der Waals surface area contributed by atoms with E-state index in [1.807, 2.05) is 17.2 Å². The van der Waals surface area contributed by atoms with Crippen molar-refractivity contribution in [3.05, 3.63) is 16.6 Å². The van der Waals surface area contributed by atoms with Crippen molar-refractivity contribution in [3.8, 4) is 0 Å². The molecule has 5 nitrogen and oxygen atoms in total. The zero-order chi connectivity index (χ0) is 13.9. The highest BCUT2D eigenvalue weighted by atomic mass is 32.1. The molecule has 2 aliphatic rings. The lowest BCUT2D eigenvalue weighted by atomic mass is 10.1. The van der Waals surface area contributed by atoms with Crippen LogP contribution in [0.4, 0.5) is 4.79 Å². The SMILES string of the molecule is CC1CN(C(=O)NCCc2nccs2)CC(C2CC2)O1. The van der Waals surface area contributed by atoms with E-state index in [2.05, 4.69) is 10.3 Å². The highest BCUT2D eigenvalue weighted by Gasteiger charge is 2.38. The summed E-state index contributed by atoms with van der Waals surface area (Å²) in [6, 6.07) is 0.0300. The molecule has 20 heavy (non-hydrogen) atoms. The number of ether oxygens (including phenoxy) is 1. The van der Waals surface area contributed by atoms with Gasteiger partial charge in [-0.2, -0.15) is 0 Å². The lowest BCUT2D eigenvalue weighted by Crippen LogP contribution is -2.53. The van der Waals surface area contributed by atoms with E-state index in [-0.39, 0.29) is 18.2 Å². The van der Waals surface area contributed by atoms with Gasteiger partial charge in [-0.05, 0) is 25.7 Å². The summed E-state index contributed by atoms with van der Waals surface area (Å²) in [5.74, 6) is 0.670. The van der Waals surface area contributed by atoms with Crippen LogP contribution in [-0.2, 0) is 11.2 Å². The summed E-state index contributed by atoms with van der Waals surface area (Å²) < 4.78 is 5.92. The van der Waals surface area contributed by atoms with Crippen LogP contribution in [0.15, 0.2) is 11.6 Å². The molecule has 0 aromatic carbocycles. The highest BCUT2D eigenvalue weighted by Crippen LogP contribution is 2.36. The van der Waals surface area contributed by atoms with Gasteiger partial charge in [-0.3, -0.25) is 0 Å². The average Bonchev–Trinajstić information content (AvgIpc) is 3.16. The van der Waals surface area contributed by atoms with E-state index < -0.39 is 0 Å². The zero-order valence-corrected chi connectivity index (χ0v) is 12.6. The molecule has 1 aliphatic carbocycles. The van der Waals surface area contributed by atoms with Crippen LogP contribution in [-0.4, -0.2) is 47.8 Å². The molecule has 1 saturated carbocycles. The molecule has 1 N–H and O–H groups in total. The Bertz CT molecular complexity index is 447. The first-order valence-corrected chi connectivity index (χ1v) is 8.17. The Kier molecular flexibility index (Phi) is 4.21. The van der Waals surface area contributed by atoms with Gasteiger partial charge in [0.25, 0.3) is 0 Å². The monoisotopic (exact) mass is 295 g/mol. The molecule has 6 heteroatoms. The number of nitrogens with one attached hydrogen (secondary N) is 1. The van der Waals surface area contributed by atoms with Crippen molar-refractivity contribution in [1.82, 2.24) is 15.2 Å². The number of hydrogen-bond donors (Lipinski definition) is 1. The van der Waals surface area contributed by atoms with Crippen LogP contribution in [0.3, 0.4) is 0 Å². The summed E-state index contributed by atoms with van der Waals surface area (Å²) in [7, 11) is 0. The van der Waals surface area contributed by atoms with E-state index in [0.717, 1.165) is 18.0 Å². The van der Waals surface area contributed by atoms with Crippen LogP contribution in [0.25, 0.3) is 0 Å². The standard InChI is InChI=1S/C14H21N3O2S/c1-10-8-17(9-12(19-10)11-2-3-11)14(18)16-5-4-13-15-6-7-20-13/h6-7,10-12H,2-5,8-9H2,1H3,(H,16,18). The summed E-state index contributed by atoms with van der Waals surface area (Å²) in [4.78, 5) is 18.3. The van der Waals surface area contributed by atoms with Crippen molar-refractivity contribution < 1.29 is 9.53 Å². The van der Waals surface area contributed by atoms with Crippen LogP contribution < -0.4 is 5.32 Å². The van der Waals surface area contributed by atoms with Crippen LogP contribution in [0.5, 0.6) is 0 Å². The molecule has 1 aromatic heterocycles. The van der Waals surface area contributed by atoms with Crippen molar-refractivity contribution in [1.29, 1.82) is 0 Å². The molecular weight excluding hydrogens is 274 g/mol. The second kappa shape index (κ2) is 6.10. The van der Waals surface area contributed by atoms with Crippen LogP contribution in [0.1, 0.15) is 24.8 Å². The minimum Gasteiger partial charge on any atom is -0.371 e. The smallest absolute Gasteiger partial charge is 0.317 e. The van der Waals surface area contributed by atoms with Gasteiger partial charge in [0.15, 0.2) is 0 Å². The zero-order valence-electron chi connectivity index (χ0n) is 11.7. The Morgan fingerprint density at radius 2 is 2.40 bits per heavy atom. The van der Waals surface area contributed by atoms with Gasteiger partial charge in [-0.25, -0.2) is 9.78 Å². The number of carbonyl (C=O) groups is 1. The van der Waals surface area contributed by atoms with E-state index in [1.165, 1.54) is 12.8 Å². The van der Waals surface area contributed by atoms with Gasteiger partial charge in [-0.15, -0.1) is 11.3 Å². The normalized spacial score (nSPS) is 26.6. The number of thiazole rings is 1. The molecule has 2 atom stereocenters. The molecule has 3 rings (SSSR count). The van der Waals surface area contributed by atoms with Gasteiger partial charge in [0.2, 0.25) is 0 Å². The van der Waals surface area contributed by atoms with Crippen molar-refractivity contribution in [2.45, 2.75) is 38.4 Å². The Labute approximate surface area is 123 Å². The number of urea groups is 1. The maximum atomic E-state index is 12.2. The van der Waals surface area contributed by atoms with E-state index in [1.54, 1.807) is 17.5 Å². The number of carbonyl (C=O) groups excluding carboxylic acids is 1. The average molecular weight is 295 g/mol. The molecule has 1 aliphatic heterocycles. The van der Waals surface area contributed by atoms with Crippen LogP contribution >= 0.6 is 11.3 Å². The van der Waals surface area contributed by atoms with Gasteiger partial charge in [0.1, 0.15) is 0 Å². The molecular formula is C14H21N3O2S. The lowest BCUT2D eigenvalue weighted by molar-refractivity contribution is -0.0730. The van der Waals surface area contributed by atoms with Crippen molar-refractivity contribution in [2.75, 3.05) is 19.6 Å². The predicted molar refractivity (Wildman–Crippen MR) is 77.8 cm³/mol. The van der Waals surface area contributed by atoms with Crippen molar-refractivity contribution in [2.24, 2.45) is 5.92 Å². The molecule has 0 bridgehead atoms. The fraction of sp³-hybridized carbons (Fsp3) is 0.714. The summed E-state index contributed by atoms with van der Waals surface area (Å²) in [6.45, 7) is 4.11.